The van der Waals surface area contributed by atoms with Crippen LogP contribution in [0.25, 0.3) is 0 Å². The summed E-state index contributed by atoms with van der Waals surface area (Å²) >= 11 is 6.01. The zero-order valence-electron chi connectivity index (χ0n) is 21.8. The molecule has 0 aromatic heterocycles. The van der Waals surface area contributed by atoms with Gasteiger partial charge in [-0.15, -0.1) is 0 Å². The fourth-order valence-corrected chi connectivity index (χ4v) is 4.26. The molecule has 2 amide bonds. The van der Waals surface area contributed by atoms with Crippen LogP contribution in [-0.2, 0) is 29.1 Å². The number of nitrogens with one attached hydrogen (secondary N) is 1. The van der Waals surface area contributed by atoms with Gasteiger partial charge in [-0.2, -0.15) is 0 Å². The van der Waals surface area contributed by atoms with Gasteiger partial charge in [0, 0.05) is 24.5 Å². The number of carbonyl (C=O) groups is 2. The van der Waals surface area contributed by atoms with Crippen LogP contribution in [0.4, 0.5) is 0 Å². The van der Waals surface area contributed by atoms with Crippen LogP contribution < -0.4 is 14.8 Å². The normalized spacial score (nSPS) is 11.3. The molecule has 0 heterocycles. The molecule has 4 aromatic carbocycles. The van der Waals surface area contributed by atoms with Gasteiger partial charge in [-0.05, 0) is 53.1 Å². The van der Waals surface area contributed by atoms with E-state index in [1.807, 2.05) is 84.9 Å². The average Bonchev–Trinajstić information content (AvgIpc) is 2.98. The van der Waals surface area contributed by atoms with Crippen LogP contribution in [0.5, 0.6) is 11.5 Å². The first-order valence-electron chi connectivity index (χ1n) is 12.7. The molecule has 0 aliphatic carbocycles. The van der Waals surface area contributed by atoms with Crippen LogP contribution in [0.15, 0.2) is 109 Å². The number of hydrogen-bond donors (Lipinski definition) is 1. The van der Waals surface area contributed by atoms with E-state index in [1.54, 1.807) is 36.3 Å². The van der Waals surface area contributed by atoms with E-state index in [1.165, 1.54) is 0 Å². The van der Waals surface area contributed by atoms with Crippen molar-refractivity contribution in [2.45, 2.75) is 25.6 Å². The second kappa shape index (κ2) is 14.0. The molecule has 0 spiro atoms. The van der Waals surface area contributed by atoms with Crippen LogP contribution in [0.1, 0.15) is 16.7 Å². The minimum Gasteiger partial charge on any atom is -0.497 e. The summed E-state index contributed by atoms with van der Waals surface area (Å²) in [4.78, 5) is 29.0. The van der Waals surface area contributed by atoms with Crippen LogP contribution in [-0.4, -0.2) is 36.5 Å². The molecule has 0 unspecified atom stereocenters. The molecular formula is C32H31ClN2O4. The number of amides is 2. The second-order valence-corrected chi connectivity index (χ2v) is 9.46. The van der Waals surface area contributed by atoms with E-state index in [-0.39, 0.29) is 25.0 Å². The van der Waals surface area contributed by atoms with Crippen LogP contribution >= 0.6 is 11.6 Å². The van der Waals surface area contributed by atoms with Crippen LogP contribution in [0.2, 0.25) is 5.02 Å². The molecule has 39 heavy (non-hydrogen) atoms. The molecule has 4 rings (SSSR count). The number of ether oxygens (including phenoxy) is 2. The first-order valence-corrected chi connectivity index (χ1v) is 13.1. The molecule has 0 saturated heterocycles. The van der Waals surface area contributed by atoms with Crippen LogP contribution in [0, 0.1) is 0 Å². The largest absolute Gasteiger partial charge is 0.497 e. The molecule has 0 saturated carbocycles. The number of hydrogen-bond acceptors (Lipinski definition) is 4. The first-order chi connectivity index (χ1) is 19.0. The van der Waals surface area contributed by atoms with Gasteiger partial charge >= 0.3 is 0 Å². The molecule has 200 valence electrons. The molecule has 0 radical (unpaired) electrons. The lowest BCUT2D eigenvalue weighted by Crippen LogP contribution is -2.51. The van der Waals surface area contributed by atoms with Gasteiger partial charge < -0.3 is 19.7 Å². The maximum absolute atomic E-state index is 13.7. The number of halogens is 1. The summed E-state index contributed by atoms with van der Waals surface area (Å²) in [6, 6.07) is 32.8. The Kier molecular flexibility index (Phi) is 9.98. The summed E-state index contributed by atoms with van der Waals surface area (Å²) in [6.07, 6.45) is 0.348. The molecule has 0 aliphatic heterocycles. The number of methoxy groups -OCH3 is 1. The zero-order chi connectivity index (χ0) is 27.5. The van der Waals surface area contributed by atoms with E-state index < -0.39 is 6.04 Å². The number of nitrogens with zero attached hydrogens (tertiary/aromatic N) is 1. The predicted molar refractivity (Wildman–Crippen MR) is 153 cm³/mol. The lowest BCUT2D eigenvalue weighted by atomic mass is 10.0. The monoisotopic (exact) mass is 542 g/mol. The third-order valence-corrected chi connectivity index (χ3v) is 6.52. The van der Waals surface area contributed by atoms with E-state index in [0.717, 1.165) is 16.7 Å². The highest BCUT2D eigenvalue weighted by Gasteiger charge is 2.30. The molecule has 7 heteroatoms. The van der Waals surface area contributed by atoms with Gasteiger partial charge in [0.2, 0.25) is 5.91 Å². The summed E-state index contributed by atoms with van der Waals surface area (Å²) in [5.74, 6) is 0.750. The molecule has 0 bridgehead atoms. The van der Waals surface area contributed by atoms with Crippen molar-refractivity contribution in [3.05, 3.63) is 131 Å². The first kappa shape index (κ1) is 27.7. The highest BCUT2D eigenvalue weighted by molar-refractivity contribution is 6.30. The SMILES string of the molecule is COc1ccc(CN(C(=O)COc2ccccc2)[C@@H](Cc2ccccc2)C(=O)NCc2ccc(Cl)cc2)cc1. The smallest absolute Gasteiger partial charge is 0.261 e. The summed E-state index contributed by atoms with van der Waals surface area (Å²) in [7, 11) is 1.60. The summed E-state index contributed by atoms with van der Waals surface area (Å²) in [5.41, 5.74) is 2.72. The Labute approximate surface area is 234 Å². The zero-order valence-corrected chi connectivity index (χ0v) is 22.5. The molecule has 1 atom stereocenters. The molecule has 6 nitrogen and oxygen atoms in total. The number of carbonyl (C=O) groups excluding carboxylic acids is 2. The molecule has 0 aliphatic rings. The van der Waals surface area contributed by atoms with E-state index in [2.05, 4.69) is 5.32 Å². The van der Waals surface area contributed by atoms with Gasteiger partial charge in [-0.1, -0.05) is 84.4 Å². The van der Waals surface area contributed by atoms with E-state index in [0.29, 0.717) is 29.5 Å². The Morgan fingerprint density at radius 2 is 1.38 bits per heavy atom. The van der Waals surface area contributed by atoms with Crippen molar-refractivity contribution in [3.63, 3.8) is 0 Å². The fourth-order valence-electron chi connectivity index (χ4n) is 4.14. The van der Waals surface area contributed by atoms with Crippen molar-refractivity contribution in [3.8, 4) is 11.5 Å². The Balaban J connectivity index is 1.60. The molecular weight excluding hydrogens is 512 g/mol. The van der Waals surface area contributed by atoms with Crippen molar-refractivity contribution < 1.29 is 19.1 Å². The number of para-hydroxylation sites is 1. The minimum atomic E-state index is -0.770. The number of rotatable bonds is 12. The Morgan fingerprint density at radius 1 is 0.769 bits per heavy atom. The third-order valence-electron chi connectivity index (χ3n) is 6.27. The lowest BCUT2D eigenvalue weighted by molar-refractivity contribution is -0.142. The quantitative estimate of drug-likeness (QED) is 0.250. The van der Waals surface area contributed by atoms with Crippen molar-refractivity contribution in [2.75, 3.05) is 13.7 Å². The Hall–Kier alpha value is -4.29. The van der Waals surface area contributed by atoms with Crippen molar-refractivity contribution in [2.24, 2.45) is 0 Å². The number of benzene rings is 4. The van der Waals surface area contributed by atoms with E-state index >= 15 is 0 Å². The fraction of sp³-hybridized carbons (Fsp3) is 0.188. The van der Waals surface area contributed by atoms with E-state index in [4.69, 9.17) is 21.1 Å². The van der Waals surface area contributed by atoms with Crippen molar-refractivity contribution in [1.29, 1.82) is 0 Å². The van der Waals surface area contributed by atoms with E-state index in [9.17, 15) is 9.59 Å². The highest BCUT2D eigenvalue weighted by atomic mass is 35.5. The van der Waals surface area contributed by atoms with Crippen molar-refractivity contribution >= 4 is 23.4 Å². The maximum Gasteiger partial charge on any atom is 0.261 e. The van der Waals surface area contributed by atoms with Crippen LogP contribution in [0.3, 0.4) is 0 Å². The van der Waals surface area contributed by atoms with Gasteiger partial charge in [0.05, 0.1) is 7.11 Å². The second-order valence-electron chi connectivity index (χ2n) is 9.02. The molecule has 1 N–H and O–H groups in total. The predicted octanol–water partition coefficient (Wildman–Crippen LogP) is 5.68. The minimum absolute atomic E-state index is 0.198. The lowest BCUT2D eigenvalue weighted by Gasteiger charge is -2.31. The van der Waals surface area contributed by atoms with Gasteiger partial charge in [-0.3, -0.25) is 9.59 Å². The van der Waals surface area contributed by atoms with Gasteiger partial charge in [-0.25, -0.2) is 0 Å². The van der Waals surface area contributed by atoms with Gasteiger partial charge in [0.25, 0.3) is 5.91 Å². The van der Waals surface area contributed by atoms with Gasteiger partial charge in [0.1, 0.15) is 17.5 Å². The molecule has 4 aromatic rings. The highest BCUT2D eigenvalue weighted by Crippen LogP contribution is 2.19. The summed E-state index contributed by atoms with van der Waals surface area (Å²) < 4.78 is 11.1. The molecule has 0 fully saturated rings. The van der Waals surface area contributed by atoms with Gasteiger partial charge in [0.15, 0.2) is 6.61 Å². The maximum atomic E-state index is 13.7. The summed E-state index contributed by atoms with van der Waals surface area (Å²) in [6.45, 7) is 0.342. The Morgan fingerprint density at radius 3 is 2.03 bits per heavy atom. The average molecular weight is 543 g/mol. The Bertz CT molecular complexity index is 1330. The summed E-state index contributed by atoms with van der Waals surface area (Å²) in [5, 5.41) is 3.64. The topological polar surface area (TPSA) is 67.9 Å². The standard InChI is InChI=1S/C32H31ClN2O4/c1-38-28-18-14-26(15-19-28)22-35(31(36)23-39-29-10-6-3-7-11-29)30(20-24-8-4-2-5-9-24)32(37)34-21-25-12-16-27(33)17-13-25/h2-19,30H,20-23H2,1H3,(H,34,37)/t30-/m0/s1. The third kappa shape index (κ3) is 8.35. The van der Waals surface area contributed by atoms with Crippen molar-refractivity contribution in [1.82, 2.24) is 10.2 Å².